The number of imide groups is 1. The number of amides is 3. The number of nitrogens with one attached hydrogen (secondary N) is 2. The number of fused-ring (bicyclic) bond motifs is 1. The van der Waals surface area contributed by atoms with Gasteiger partial charge in [-0.25, -0.2) is 0 Å². The molecular formula is C23H18N2O5. The van der Waals surface area contributed by atoms with Crippen LogP contribution in [-0.2, 0) is 4.79 Å². The largest absolute Gasteiger partial charge is 0.484 e. The van der Waals surface area contributed by atoms with Gasteiger partial charge in [0.25, 0.3) is 17.7 Å². The highest BCUT2D eigenvalue weighted by atomic mass is 16.5. The summed E-state index contributed by atoms with van der Waals surface area (Å²) in [6, 6.07) is 18.9. The standard InChI is InChI=1S/C23H18N2O5/c1-14-3-2-4-17(11-14)29-13-21(26)24-15-5-7-16(8-6-15)30-18-9-10-19-20(12-18)23(28)25-22(19)27/h2-12H,13H2,1H3,(H,24,26)(H,25,27,28). The SMILES string of the molecule is Cc1cccc(OCC(=O)Nc2ccc(Oc3ccc4c(c3)C(=O)NC4=O)cc2)c1. The summed E-state index contributed by atoms with van der Waals surface area (Å²) in [5.74, 6) is 0.466. The van der Waals surface area contributed by atoms with Crippen molar-refractivity contribution in [3.05, 3.63) is 83.4 Å². The molecule has 0 aromatic heterocycles. The highest BCUT2D eigenvalue weighted by Gasteiger charge is 2.26. The molecule has 0 radical (unpaired) electrons. The van der Waals surface area contributed by atoms with Gasteiger partial charge >= 0.3 is 0 Å². The number of ether oxygens (including phenoxy) is 2. The summed E-state index contributed by atoms with van der Waals surface area (Å²) >= 11 is 0. The van der Waals surface area contributed by atoms with E-state index in [-0.39, 0.29) is 18.1 Å². The summed E-state index contributed by atoms with van der Waals surface area (Å²) in [7, 11) is 0. The Morgan fingerprint density at radius 3 is 2.37 bits per heavy atom. The third-order valence-electron chi connectivity index (χ3n) is 4.44. The maximum Gasteiger partial charge on any atom is 0.262 e. The van der Waals surface area contributed by atoms with Gasteiger partial charge in [0.15, 0.2) is 6.61 Å². The predicted octanol–water partition coefficient (Wildman–Crippen LogP) is 3.69. The molecule has 7 nitrogen and oxygen atoms in total. The van der Waals surface area contributed by atoms with E-state index in [9.17, 15) is 14.4 Å². The lowest BCUT2D eigenvalue weighted by atomic mass is 10.1. The molecule has 1 aliphatic rings. The summed E-state index contributed by atoms with van der Waals surface area (Å²) in [5.41, 5.74) is 2.27. The lowest BCUT2D eigenvalue weighted by Crippen LogP contribution is -2.20. The second-order valence-corrected chi connectivity index (χ2v) is 6.77. The van der Waals surface area contributed by atoms with E-state index in [1.54, 1.807) is 42.5 Å². The van der Waals surface area contributed by atoms with Crippen LogP contribution in [0.3, 0.4) is 0 Å². The van der Waals surface area contributed by atoms with Crippen LogP contribution < -0.4 is 20.1 Å². The fourth-order valence-corrected chi connectivity index (χ4v) is 3.00. The van der Waals surface area contributed by atoms with Crippen molar-refractivity contribution in [2.24, 2.45) is 0 Å². The Morgan fingerprint density at radius 2 is 1.60 bits per heavy atom. The molecule has 0 fully saturated rings. The van der Waals surface area contributed by atoms with Crippen LogP contribution in [0.1, 0.15) is 26.3 Å². The molecule has 7 heteroatoms. The van der Waals surface area contributed by atoms with Crippen molar-refractivity contribution in [3.63, 3.8) is 0 Å². The zero-order valence-corrected chi connectivity index (χ0v) is 16.1. The Bertz CT molecular complexity index is 1140. The van der Waals surface area contributed by atoms with Crippen molar-refractivity contribution in [1.29, 1.82) is 0 Å². The molecule has 150 valence electrons. The maximum absolute atomic E-state index is 12.1. The van der Waals surface area contributed by atoms with Crippen LogP contribution in [0.15, 0.2) is 66.7 Å². The van der Waals surface area contributed by atoms with Crippen LogP contribution >= 0.6 is 0 Å². The minimum Gasteiger partial charge on any atom is -0.484 e. The topological polar surface area (TPSA) is 93.7 Å². The molecule has 3 amide bonds. The van der Waals surface area contributed by atoms with E-state index in [2.05, 4.69) is 10.6 Å². The van der Waals surface area contributed by atoms with Crippen LogP contribution in [-0.4, -0.2) is 24.3 Å². The minimum atomic E-state index is -0.439. The number of carbonyl (C=O) groups excluding carboxylic acids is 3. The lowest BCUT2D eigenvalue weighted by Gasteiger charge is -2.10. The summed E-state index contributed by atoms with van der Waals surface area (Å²) in [6.07, 6.45) is 0. The average molecular weight is 402 g/mol. The second-order valence-electron chi connectivity index (χ2n) is 6.77. The molecule has 0 bridgehead atoms. The lowest BCUT2D eigenvalue weighted by molar-refractivity contribution is -0.118. The van der Waals surface area contributed by atoms with Gasteiger partial charge in [-0.05, 0) is 67.1 Å². The zero-order valence-electron chi connectivity index (χ0n) is 16.1. The van der Waals surface area contributed by atoms with Crippen molar-refractivity contribution in [1.82, 2.24) is 5.32 Å². The normalized spacial score (nSPS) is 12.2. The number of hydrogen-bond acceptors (Lipinski definition) is 5. The molecule has 30 heavy (non-hydrogen) atoms. The van der Waals surface area contributed by atoms with Gasteiger partial charge in [0, 0.05) is 5.69 Å². The van der Waals surface area contributed by atoms with Gasteiger partial charge < -0.3 is 14.8 Å². The number of anilines is 1. The number of aryl methyl sites for hydroxylation is 1. The molecule has 2 N–H and O–H groups in total. The van der Waals surface area contributed by atoms with E-state index in [1.165, 1.54) is 6.07 Å². The van der Waals surface area contributed by atoms with E-state index in [0.29, 0.717) is 28.5 Å². The van der Waals surface area contributed by atoms with Crippen LogP contribution in [0, 0.1) is 6.92 Å². The summed E-state index contributed by atoms with van der Waals surface area (Å²) < 4.78 is 11.2. The van der Waals surface area contributed by atoms with E-state index >= 15 is 0 Å². The highest BCUT2D eigenvalue weighted by molar-refractivity contribution is 6.21. The average Bonchev–Trinajstić information content (AvgIpc) is 3.01. The second kappa shape index (κ2) is 8.08. The number of hydrogen-bond donors (Lipinski definition) is 2. The Morgan fingerprint density at radius 1 is 0.867 bits per heavy atom. The molecule has 0 spiro atoms. The van der Waals surface area contributed by atoms with Gasteiger partial charge in [0.1, 0.15) is 17.2 Å². The third kappa shape index (κ3) is 4.30. The smallest absolute Gasteiger partial charge is 0.262 e. The number of carbonyl (C=O) groups is 3. The number of benzene rings is 3. The molecule has 3 aromatic rings. The van der Waals surface area contributed by atoms with Crippen molar-refractivity contribution in [2.45, 2.75) is 6.92 Å². The molecule has 0 saturated heterocycles. The summed E-state index contributed by atoms with van der Waals surface area (Å²) in [6.45, 7) is 1.85. The van der Waals surface area contributed by atoms with Crippen LogP contribution in [0.2, 0.25) is 0 Å². The van der Waals surface area contributed by atoms with Crippen LogP contribution in [0.25, 0.3) is 0 Å². The van der Waals surface area contributed by atoms with Gasteiger partial charge in [-0.3, -0.25) is 19.7 Å². The maximum atomic E-state index is 12.1. The first kappa shape index (κ1) is 19.2. The number of rotatable bonds is 6. The van der Waals surface area contributed by atoms with Gasteiger partial charge in [0.2, 0.25) is 0 Å². The van der Waals surface area contributed by atoms with E-state index in [1.807, 2.05) is 25.1 Å². The van der Waals surface area contributed by atoms with E-state index < -0.39 is 11.8 Å². The van der Waals surface area contributed by atoms with Gasteiger partial charge in [-0.15, -0.1) is 0 Å². The summed E-state index contributed by atoms with van der Waals surface area (Å²) in [4.78, 5) is 35.4. The first-order valence-corrected chi connectivity index (χ1v) is 9.25. The van der Waals surface area contributed by atoms with E-state index in [4.69, 9.17) is 9.47 Å². The predicted molar refractivity (Wildman–Crippen MR) is 110 cm³/mol. The Hall–Kier alpha value is -4.13. The fourth-order valence-electron chi connectivity index (χ4n) is 3.00. The van der Waals surface area contributed by atoms with Gasteiger partial charge in [-0.2, -0.15) is 0 Å². The van der Waals surface area contributed by atoms with Crippen molar-refractivity contribution in [2.75, 3.05) is 11.9 Å². The van der Waals surface area contributed by atoms with Crippen molar-refractivity contribution < 1.29 is 23.9 Å². The molecule has 1 aliphatic heterocycles. The minimum absolute atomic E-state index is 0.0996. The van der Waals surface area contributed by atoms with Gasteiger partial charge in [0.05, 0.1) is 11.1 Å². The zero-order chi connectivity index (χ0) is 21.1. The van der Waals surface area contributed by atoms with Gasteiger partial charge in [-0.1, -0.05) is 12.1 Å². The van der Waals surface area contributed by atoms with Crippen molar-refractivity contribution >= 4 is 23.4 Å². The van der Waals surface area contributed by atoms with Crippen LogP contribution in [0.4, 0.5) is 5.69 Å². The molecule has 4 rings (SSSR count). The molecule has 0 saturated carbocycles. The molecule has 0 unspecified atom stereocenters. The molecule has 0 atom stereocenters. The third-order valence-corrected chi connectivity index (χ3v) is 4.44. The molecule has 3 aromatic carbocycles. The summed E-state index contributed by atoms with van der Waals surface area (Å²) in [5, 5.41) is 4.99. The molecular weight excluding hydrogens is 384 g/mol. The Labute approximate surface area is 172 Å². The first-order valence-electron chi connectivity index (χ1n) is 9.25. The first-order chi connectivity index (χ1) is 14.5. The highest BCUT2D eigenvalue weighted by Crippen LogP contribution is 2.27. The van der Waals surface area contributed by atoms with E-state index in [0.717, 1.165) is 5.56 Å². The van der Waals surface area contributed by atoms with Crippen LogP contribution in [0.5, 0.6) is 17.2 Å². The quantitative estimate of drug-likeness (QED) is 0.614. The molecule has 1 heterocycles. The monoisotopic (exact) mass is 402 g/mol. The Balaban J connectivity index is 1.34. The van der Waals surface area contributed by atoms with Crippen molar-refractivity contribution in [3.8, 4) is 17.2 Å². The Kier molecular flexibility index (Phi) is 5.17. The fraction of sp³-hybridized carbons (Fsp3) is 0.0870. The molecule has 0 aliphatic carbocycles.